The SMILES string of the molecule is CCC(CC)(CCOC(C)C)CNC. The summed E-state index contributed by atoms with van der Waals surface area (Å²) in [5, 5.41) is 3.29. The van der Waals surface area contributed by atoms with Gasteiger partial charge in [-0.15, -0.1) is 0 Å². The van der Waals surface area contributed by atoms with Gasteiger partial charge in [-0.3, -0.25) is 0 Å². The predicted molar refractivity (Wildman–Crippen MR) is 62.6 cm³/mol. The Morgan fingerprint density at radius 2 is 1.79 bits per heavy atom. The topological polar surface area (TPSA) is 21.3 Å². The Morgan fingerprint density at radius 1 is 1.21 bits per heavy atom. The zero-order valence-corrected chi connectivity index (χ0v) is 10.5. The van der Waals surface area contributed by atoms with Gasteiger partial charge in [-0.05, 0) is 45.6 Å². The molecule has 0 amide bonds. The maximum atomic E-state index is 5.62. The van der Waals surface area contributed by atoms with E-state index in [2.05, 4.69) is 33.0 Å². The molecule has 14 heavy (non-hydrogen) atoms. The van der Waals surface area contributed by atoms with Crippen LogP contribution in [0.15, 0.2) is 0 Å². The summed E-state index contributed by atoms with van der Waals surface area (Å²) in [6, 6.07) is 0. The second-order valence-corrected chi connectivity index (χ2v) is 4.41. The van der Waals surface area contributed by atoms with E-state index in [9.17, 15) is 0 Å². The molecule has 0 aliphatic carbocycles. The van der Waals surface area contributed by atoms with E-state index in [1.807, 2.05) is 7.05 Å². The maximum Gasteiger partial charge on any atom is 0.0518 e. The van der Waals surface area contributed by atoms with Gasteiger partial charge in [0.25, 0.3) is 0 Å². The molecule has 0 aromatic carbocycles. The highest BCUT2D eigenvalue weighted by molar-refractivity contribution is 4.78. The summed E-state index contributed by atoms with van der Waals surface area (Å²) in [6.45, 7) is 10.7. The lowest BCUT2D eigenvalue weighted by atomic mass is 9.79. The van der Waals surface area contributed by atoms with E-state index in [4.69, 9.17) is 4.74 Å². The van der Waals surface area contributed by atoms with Crippen molar-refractivity contribution in [1.29, 1.82) is 0 Å². The van der Waals surface area contributed by atoms with E-state index in [-0.39, 0.29) is 0 Å². The van der Waals surface area contributed by atoms with Crippen LogP contribution < -0.4 is 5.32 Å². The van der Waals surface area contributed by atoms with E-state index in [0.29, 0.717) is 11.5 Å². The molecule has 0 aromatic rings. The average Bonchev–Trinajstić information content (AvgIpc) is 2.16. The zero-order valence-electron chi connectivity index (χ0n) is 10.5. The van der Waals surface area contributed by atoms with E-state index in [1.54, 1.807) is 0 Å². The Labute approximate surface area is 89.4 Å². The van der Waals surface area contributed by atoms with Gasteiger partial charge < -0.3 is 10.1 Å². The monoisotopic (exact) mass is 201 g/mol. The lowest BCUT2D eigenvalue weighted by Crippen LogP contribution is -2.33. The molecule has 0 radical (unpaired) electrons. The van der Waals surface area contributed by atoms with Crippen LogP contribution in [0.25, 0.3) is 0 Å². The summed E-state index contributed by atoms with van der Waals surface area (Å²) < 4.78 is 5.62. The van der Waals surface area contributed by atoms with Crippen molar-refractivity contribution < 1.29 is 4.74 Å². The average molecular weight is 201 g/mol. The summed E-state index contributed by atoms with van der Waals surface area (Å²) in [5.41, 5.74) is 0.434. The fraction of sp³-hybridized carbons (Fsp3) is 1.00. The molecule has 0 saturated carbocycles. The third kappa shape index (κ3) is 4.97. The van der Waals surface area contributed by atoms with Crippen molar-refractivity contribution in [3.05, 3.63) is 0 Å². The molecule has 0 rings (SSSR count). The van der Waals surface area contributed by atoms with Crippen LogP contribution in [0.5, 0.6) is 0 Å². The first-order valence-corrected chi connectivity index (χ1v) is 5.86. The highest BCUT2D eigenvalue weighted by Gasteiger charge is 2.24. The van der Waals surface area contributed by atoms with Gasteiger partial charge in [0.1, 0.15) is 0 Å². The van der Waals surface area contributed by atoms with Gasteiger partial charge in [0, 0.05) is 13.2 Å². The number of ether oxygens (including phenoxy) is 1. The van der Waals surface area contributed by atoms with Crippen molar-refractivity contribution in [2.45, 2.75) is 53.1 Å². The van der Waals surface area contributed by atoms with Gasteiger partial charge in [0.2, 0.25) is 0 Å². The quantitative estimate of drug-likeness (QED) is 0.652. The Balaban J connectivity index is 3.94. The fourth-order valence-corrected chi connectivity index (χ4v) is 1.83. The minimum Gasteiger partial charge on any atom is -0.379 e. The van der Waals surface area contributed by atoms with Crippen molar-refractivity contribution >= 4 is 0 Å². The van der Waals surface area contributed by atoms with Crippen molar-refractivity contribution in [3.8, 4) is 0 Å². The molecule has 0 heterocycles. The number of hydrogen-bond donors (Lipinski definition) is 1. The first-order chi connectivity index (χ1) is 6.60. The van der Waals surface area contributed by atoms with Crippen LogP contribution in [0.3, 0.4) is 0 Å². The van der Waals surface area contributed by atoms with Crippen LogP contribution in [0.1, 0.15) is 47.0 Å². The van der Waals surface area contributed by atoms with Gasteiger partial charge >= 0.3 is 0 Å². The van der Waals surface area contributed by atoms with Gasteiger partial charge in [0.15, 0.2) is 0 Å². The Morgan fingerprint density at radius 3 is 2.14 bits per heavy atom. The molecule has 0 aromatic heterocycles. The fourth-order valence-electron chi connectivity index (χ4n) is 1.83. The molecule has 2 nitrogen and oxygen atoms in total. The molecule has 0 spiro atoms. The molecule has 1 N–H and O–H groups in total. The van der Waals surface area contributed by atoms with Gasteiger partial charge in [-0.2, -0.15) is 0 Å². The summed E-state index contributed by atoms with van der Waals surface area (Å²) >= 11 is 0. The molecule has 0 bridgehead atoms. The molecule has 2 heteroatoms. The van der Waals surface area contributed by atoms with Crippen LogP contribution in [0.4, 0.5) is 0 Å². The molecule has 0 atom stereocenters. The molecule has 0 saturated heterocycles. The van der Waals surface area contributed by atoms with Crippen LogP contribution in [-0.2, 0) is 4.74 Å². The lowest BCUT2D eigenvalue weighted by molar-refractivity contribution is 0.0482. The van der Waals surface area contributed by atoms with Crippen LogP contribution in [0.2, 0.25) is 0 Å². The standard InChI is InChI=1S/C12H27NO/c1-6-12(7-2,10-13-5)8-9-14-11(3)4/h11,13H,6-10H2,1-5H3. The first-order valence-electron chi connectivity index (χ1n) is 5.86. The van der Waals surface area contributed by atoms with Gasteiger partial charge in [0.05, 0.1) is 6.10 Å². The van der Waals surface area contributed by atoms with Gasteiger partial charge in [-0.1, -0.05) is 13.8 Å². The van der Waals surface area contributed by atoms with E-state index >= 15 is 0 Å². The summed E-state index contributed by atoms with van der Waals surface area (Å²) in [6.07, 6.45) is 3.98. The third-order valence-corrected chi connectivity index (χ3v) is 3.14. The van der Waals surface area contributed by atoms with Crippen LogP contribution in [-0.4, -0.2) is 26.3 Å². The smallest absolute Gasteiger partial charge is 0.0518 e. The number of hydrogen-bond acceptors (Lipinski definition) is 2. The molecule has 0 fully saturated rings. The van der Waals surface area contributed by atoms with Crippen molar-refractivity contribution in [3.63, 3.8) is 0 Å². The summed E-state index contributed by atoms with van der Waals surface area (Å²) in [4.78, 5) is 0. The molecule has 0 unspecified atom stereocenters. The van der Waals surface area contributed by atoms with Crippen molar-refractivity contribution in [2.75, 3.05) is 20.2 Å². The molecule has 0 aliphatic rings. The Kier molecular flexibility index (Phi) is 7.20. The van der Waals surface area contributed by atoms with Crippen molar-refractivity contribution in [2.24, 2.45) is 5.41 Å². The molecular weight excluding hydrogens is 174 g/mol. The highest BCUT2D eigenvalue weighted by atomic mass is 16.5. The van der Waals surface area contributed by atoms with E-state index < -0.39 is 0 Å². The zero-order chi connectivity index (χ0) is 11.0. The lowest BCUT2D eigenvalue weighted by Gasteiger charge is -2.31. The third-order valence-electron chi connectivity index (χ3n) is 3.14. The minimum absolute atomic E-state index is 0.357. The second-order valence-electron chi connectivity index (χ2n) is 4.41. The van der Waals surface area contributed by atoms with Crippen molar-refractivity contribution in [1.82, 2.24) is 5.32 Å². The van der Waals surface area contributed by atoms with E-state index in [1.165, 1.54) is 19.3 Å². The van der Waals surface area contributed by atoms with Gasteiger partial charge in [-0.25, -0.2) is 0 Å². The normalized spacial score (nSPS) is 12.4. The maximum absolute atomic E-state index is 5.62. The molecule has 86 valence electrons. The Hall–Kier alpha value is -0.0800. The summed E-state index contributed by atoms with van der Waals surface area (Å²) in [5.74, 6) is 0. The van der Waals surface area contributed by atoms with Crippen LogP contribution in [0, 0.1) is 5.41 Å². The largest absolute Gasteiger partial charge is 0.379 e. The predicted octanol–water partition coefficient (Wildman–Crippen LogP) is 2.83. The number of rotatable bonds is 8. The van der Waals surface area contributed by atoms with E-state index in [0.717, 1.165) is 13.2 Å². The minimum atomic E-state index is 0.357. The first kappa shape index (κ1) is 13.9. The second kappa shape index (κ2) is 7.24. The number of nitrogens with one attached hydrogen (secondary N) is 1. The van der Waals surface area contributed by atoms with Crippen LogP contribution >= 0.6 is 0 Å². The molecule has 0 aliphatic heterocycles. The molecular formula is C12H27NO. The highest BCUT2D eigenvalue weighted by Crippen LogP contribution is 2.29. The Bertz CT molecular complexity index is 130. The summed E-state index contributed by atoms with van der Waals surface area (Å²) in [7, 11) is 2.03.